The number of thioether (sulfide) groups is 1. The van der Waals surface area contributed by atoms with Gasteiger partial charge < -0.3 is 15.4 Å². The van der Waals surface area contributed by atoms with Crippen LogP contribution in [-0.4, -0.2) is 42.7 Å². The molecule has 1 amide bonds. The predicted octanol–water partition coefficient (Wildman–Crippen LogP) is 1.08. The van der Waals surface area contributed by atoms with Crippen LogP contribution in [0.15, 0.2) is 40.5 Å². The largest absolute Gasteiger partial charge is 0.478 e. The second-order valence-corrected chi connectivity index (χ2v) is 5.66. The number of amides is 1. The van der Waals surface area contributed by atoms with E-state index in [-0.39, 0.29) is 39.1 Å². The first-order chi connectivity index (χ1) is 11.5. The van der Waals surface area contributed by atoms with Crippen LogP contribution < -0.4 is 10.9 Å². The minimum atomic E-state index is -1.03. The van der Waals surface area contributed by atoms with Gasteiger partial charge in [-0.1, -0.05) is 11.8 Å². The van der Waals surface area contributed by atoms with E-state index in [1.165, 1.54) is 30.6 Å². The molecule has 0 saturated heterocycles. The highest BCUT2D eigenvalue weighted by atomic mass is 32.2. The molecule has 1 aromatic carbocycles. The zero-order valence-corrected chi connectivity index (χ0v) is 12.9. The summed E-state index contributed by atoms with van der Waals surface area (Å²) < 4.78 is 0. The molecule has 3 aromatic rings. The predicted molar refractivity (Wildman–Crippen MR) is 87.3 cm³/mol. The number of hydrogen-bond acceptors (Lipinski definition) is 6. The fourth-order valence-electron chi connectivity index (χ4n) is 1.92. The minimum absolute atomic E-state index is 0.0273. The van der Waals surface area contributed by atoms with Gasteiger partial charge in [0.15, 0.2) is 16.3 Å². The van der Waals surface area contributed by atoms with Gasteiger partial charge in [0.05, 0.1) is 17.6 Å². The second kappa shape index (κ2) is 6.54. The van der Waals surface area contributed by atoms with Crippen LogP contribution in [-0.2, 0) is 4.79 Å². The Hall–Kier alpha value is -3.14. The van der Waals surface area contributed by atoms with Crippen molar-refractivity contribution < 1.29 is 14.7 Å². The van der Waals surface area contributed by atoms with Crippen LogP contribution in [0.25, 0.3) is 11.2 Å². The Kier molecular flexibility index (Phi) is 4.29. The van der Waals surface area contributed by atoms with E-state index >= 15 is 0 Å². The van der Waals surface area contributed by atoms with E-state index in [0.29, 0.717) is 5.69 Å². The molecule has 0 bridgehead atoms. The highest BCUT2D eigenvalue weighted by molar-refractivity contribution is 7.99. The van der Waals surface area contributed by atoms with Crippen molar-refractivity contribution in [2.24, 2.45) is 0 Å². The number of aromatic nitrogens is 4. The Morgan fingerprint density at radius 1 is 1.25 bits per heavy atom. The Morgan fingerprint density at radius 2 is 2.00 bits per heavy atom. The molecule has 9 nitrogen and oxygen atoms in total. The molecule has 24 heavy (non-hydrogen) atoms. The average Bonchev–Trinajstić information content (AvgIpc) is 3.02. The number of anilines is 1. The van der Waals surface area contributed by atoms with Gasteiger partial charge in [0.2, 0.25) is 5.91 Å². The van der Waals surface area contributed by atoms with Crippen molar-refractivity contribution in [2.45, 2.75) is 5.16 Å². The number of carbonyl (C=O) groups is 2. The number of H-pyrrole nitrogens is 2. The van der Waals surface area contributed by atoms with E-state index in [1.54, 1.807) is 0 Å². The summed E-state index contributed by atoms with van der Waals surface area (Å²) in [6.45, 7) is 0. The van der Waals surface area contributed by atoms with Gasteiger partial charge in [-0.05, 0) is 24.3 Å². The first-order valence-electron chi connectivity index (χ1n) is 6.72. The van der Waals surface area contributed by atoms with Gasteiger partial charge in [0.1, 0.15) is 0 Å². The van der Waals surface area contributed by atoms with Crippen molar-refractivity contribution in [2.75, 3.05) is 11.1 Å². The van der Waals surface area contributed by atoms with Crippen LogP contribution in [0.2, 0.25) is 0 Å². The van der Waals surface area contributed by atoms with Crippen molar-refractivity contribution in [3.63, 3.8) is 0 Å². The molecular formula is C14H11N5O4S. The van der Waals surface area contributed by atoms with E-state index in [2.05, 4.69) is 25.3 Å². The normalized spacial score (nSPS) is 10.7. The van der Waals surface area contributed by atoms with Crippen LogP contribution in [0.1, 0.15) is 10.4 Å². The quantitative estimate of drug-likeness (QED) is 0.400. The highest BCUT2D eigenvalue weighted by Gasteiger charge is 2.09. The number of benzene rings is 1. The minimum Gasteiger partial charge on any atom is -0.478 e. The Balaban J connectivity index is 1.62. The molecule has 0 aliphatic rings. The highest BCUT2D eigenvalue weighted by Crippen LogP contribution is 2.14. The maximum absolute atomic E-state index is 11.9. The number of nitrogens with zero attached hydrogens (tertiary/aromatic N) is 2. The van der Waals surface area contributed by atoms with Crippen LogP contribution in [0, 0.1) is 0 Å². The third kappa shape index (κ3) is 3.43. The second-order valence-electron chi connectivity index (χ2n) is 4.69. The Labute approximate surface area is 138 Å². The molecule has 0 radical (unpaired) electrons. The van der Waals surface area contributed by atoms with E-state index in [9.17, 15) is 14.4 Å². The lowest BCUT2D eigenvalue weighted by atomic mass is 10.2. The van der Waals surface area contributed by atoms with Crippen molar-refractivity contribution in [3.8, 4) is 0 Å². The number of fused-ring (bicyclic) bond motifs is 1. The molecule has 0 atom stereocenters. The van der Waals surface area contributed by atoms with E-state index in [1.807, 2.05) is 0 Å². The number of rotatable bonds is 5. The van der Waals surface area contributed by atoms with Crippen molar-refractivity contribution >= 4 is 40.5 Å². The Morgan fingerprint density at radius 3 is 2.71 bits per heavy atom. The van der Waals surface area contributed by atoms with Gasteiger partial charge in [-0.2, -0.15) is 0 Å². The van der Waals surface area contributed by atoms with Gasteiger partial charge in [-0.15, -0.1) is 0 Å². The molecule has 0 unspecified atom stereocenters. The first-order valence-corrected chi connectivity index (χ1v) is 7.71. The van der Waals surface area contributed by atoms with Crippen molar-refractivity contribution in [3.05, 3.63) is 46.5 Å². The van der Waals surface area contributed by atoms with Gasteiger partial charge in [-0.3, -0.25) is 14.6 Å². The van der Waals surface area contributed by atoms with E-state index in [0.717, 1.165) is 11.8 Å². The summed E-state index contributed by atoms with van der Waals surface area (Å²) in [5.41, 5.74) is 0.823. The monoisotopic (exact) mass is 345 g/mol. The van der Waals surface area contributed by atoms with E-state index in [4.69, 9.17) is 5.11 Å². The molecule has 4 N–H and O–H groups in total. The van der Waals surface area contributed by atoms with Crippen LogP contribution >= 0.6 is 11.8 Å². The number of carboxylic acids is 1. The fraction of sp³-hybridized carbons (Fsp3) is 0.0714. The number of aromatic amines is 2. The van der Waals surface area contributed by atoms with Gasteiger partial charge in [0.25, 0.3) is 5.56 Å². The molecule has 0 fully saturated rings. The summed E-state index contributed by atoms with van der Waals surface area (Å²) in [7, 11) is 0. The Bertz CT molecular complexity index is 963. The van der Waals surface area contributed by atoms with Crippen LogP contribution in [0.4, 0.5) is 5.69 Å². The summed E-state index contributed by atoms with van der Waals surface area (Å²) in [4.78, 5) is 47.7. The van der Waals surface area contributed by atoms with E-state index < -0.39 is 5.97 Å². The molecule has 0 saturated carbocycles. The maximum Gasteiger partial charge on any atom is 0.335 e. The average molecular weight is 345 g/mol. The zero-order valence-electron chi connectivity index (χ0n) is 12.1. The summed E-state index contributed by atoms with van der Waals surface area (Å²) in [6, 6.07) is 5.80. The number of hydrogen-bond donors (Lipinski definition) is 4. The SMILES string of the molecule is O=C(CSc1nc2nc[nH]c2c(=O)[nH]1)Nc1ccc(C(=O)O)cc1. The number of imidazole rings is 1. The summed E-state index contributed by atoms with van der Waals surface area (Å²) in [5.74, 6) is -1.32. The maximum atomic E-state index is 11.9. The molecular weight excluding hydrogens is 334 g/mol. The standard InChI is InChI=1S/C14H11N5O4S/c20-9(17-8-3-1-7(2-4-8)13(22)23)5-24-14-18-11-10(12(21)19-14)15-6-16-11/h1-4,6H,5H2,(H,17,20)(H,22,23)(H2,15,16,18,19,21). The molecule has 0 aliphatic heterocycles. The summed E-state index contributed by atoms with van der Waals surface area (Å²) in [6.07, 6.45) is 1.37. The third-order valence-electron chi connectivity index (χ3n) is 3.03. The number of carboxylic acid groups (broad SMARTS) is 1. The van der Waals surface area contributed by atoms with Gasteiger partial charge in [0, 0.05) is 5.69 Å². The first kappa shape index (κ1) is 15.7. The smallest absolute Gasteiger partial charge is 0.335 e. The fourth-order valence-corrected chi connectivity index (χ4v) is 2.57. The lowest BCUT2D eigenvalue weighted by molar-refractivity contribution is -0.113. The summed E-state index contributed by atoms with van der Waals surface area (Å²) >= 11 is 1.06. The lowest BCUT2D eigenvalue weighted by Gasteiger charge is -2.05. The van der Waals surface area contributed by atoms with Crippen LogP contribution in [0.3, 0.4) is 0 Å². The van der Waals surface area contributed by atoms with Crippen molar-refractivity contribution in [1.29, 1.82) is 0 Å². The number of nitrogens with one attached hydrogen (secondary N) is 3. The molecule has 2 heterocycles. The van der Waals surface area contributed by atoms with Gasteiger partial charge in [-0.25, -0.2) is 14.8 Å². The topological polar surface area (TPSA) is 141 Å². The summed E-state index contributed by atoms with van der Waals surface area (Å²) in [5, 5.41) is 11.7. The lowest BCUT2D eigenvalue weighted by Crippen LogP contribution is -2.15. The molecule has 122 valence electrons. The number of aromatic carboxylic acids is 1. The van der Waals surface area contributed by atoms with Crippen LogP contribution in [0.5, 0.6) is 0 Å². The van der Waals surface area contributed by atoms with Crippen molar-refractivity contribution in [1.82, 2.24) is 19.9 Å². The molecule has 0 spiro atoms. The van der Waals surface area contributed by atoms with Gasteiger partial charge >= 0.3 is 5.97 Å². The molecule has 0 aliphatic carbocycles. The molecule has 10 heteroatoms. The zero-order chi connectivity index (χ0) is 17.1. The third-order valence-corrected chi connectivity index (χ3v) is 3.90. The molecule has 2 aromatic heterocycles. The molecule has 3 rings (SSSR count). The number of carbonyl (C=O) groups excluding carboxylic acids is 1.